The molecule has 6 heteroatoms. The molecule has 0 amide bonds. The third-order valence-electron chi connectivity index (χ3n) is 3.17. The van der Waals surface area contributed by atoms with Crippen molar-refractivity contribution in [2.24, 2.45) is 0 Å². The molecule has 1 aliphatic heterocycles. The second-order valence-electron chi connectivity index (χ2n) is 4.45. The van der Waals surface area contributed by atoms with Gasteiger partial charge < -0.3 is 20.5 Å². The van der Waals surface area contributed by atoms with E-state index in [0.29, 0.717) is 23.7 Å². The van der Waals surface area contributed by atoms with Crippen molar-refractivity contribution in [1.82, 2.24) is 4.90 Å². The van der Waals surface area contributed by atoms with Crippen molar-refractivity contribution >= 4 is 11.4 Å². The number of methoxy groups -OCH3 is 1. The van der Waals surface area contributed by atoms with Gasteiger partial charge in [-0.25, -0.2) is 4.39 Å². The molecule has 0 aromatic heterocycles. The van der Waals surface area contributed by atoms with Crippen LogP contribution in [0.3, 0.4) is 0 Å². The summed E-state index contributed by atoms with van der Waals surface area (Å²) in [5, 5.41) is 3.07. The summed E-state index contributed by atoms with van der Waals surface area (Å²) in [7, 11) is 1.51. The molecule has 0 radical (unpaired) electrons. The molecule has 0 saturated carbocycles. The van der Waals surface area contributed by atoms with Crippen LogP contribution in [0.1, 0.15) is 0 Å². The molecule has 1 aromatic rings. The number of morpholine rings is 1. The zero-order chi connectivity index (χ0) is 13.7. The number of hydrogen-bond acceptors (Lipinski definition) is 5. The van der Waals surface area contributed by atoms with Gasteiger partial charge in [0.05, 0.1) is 31.7 Å². The lowest BCUT2D eigenvalue weighted by molar-refractivity contribution is 0.0398. The first-order valence-corrected chi connectivity index (χ1v) is 6.37. The van der Waals surface area contributed by atoms with Gasteiger partial charge >= 0.3 is 0 Å². The number of nitrogens with zero attached hydrogens (tertiary/aromatic N) is 1. The van der Waals surface area contributed by atoms with Gasteiger partial charge in [0.25, 0.3) is 0 Å². The van der Waals surface area contributed by atoms with Gasteiger partial charge in [-0.05, 0) is 0 Å². The van der Waals surface area contributed by atoms with Crippen molar-refractivity contribution in [2.75, 3.05) is 57.6 Å². The quantitative estimate of drug-likeness (QED) is 0.786. The normalized spacial score (nSPS) is 16.3. The van der Waals surface area contributed by atoms with Crippen molar-refractivity contribution in [3.63, 3.8) is 0 Å². The molecule has 19 heavy (non-hydrogen) atoms. The van der Waals surface area contributed by atoms with E-state index in [2.05, 4.69) is 10.2 Å². The molecule has 1 saturated heterocycles. The van der Waals surface area contributed by atoms with Crippen LogP contribution in [0.2, 0.25) is 0 Å². The van der Waals surface area contributed by atoms with Crippen LogP contribution in [0.15, 0.2) is 12.1 Å². The molecule has 5 nitrogen and oxygen atoms in total. The van der Waals surface area contributed by atoms with Gasteiger partial charge in [-0.15, -0.1) is 0 Å². The SMILES string of the molecule is COc1cc(NCCN2CCOCC2)c(F)cc1N. The molecule has 0 aliphatic carbocycles. The Balaban J connectivity index is 1.88. The molecule has 1 fully saturated rings. The van der Waals surface area contributed by atoms with Gasteiger partial charge in [0.15, 0.2) is 0 Å². The van der Waals surface area contributed by atoms with Gasteiger partial charge in [-0.3, -0.25) is 4.90 Å². The number of rotatable bonds is 5. The molecule has 0 spiro atoms. The Labute approximate surface area is 112 Å². The lowest BCUT2D eigenvalue weighted by atomic mass is 10.2. The number of ether oxygens (including phenoxy) is 2. The van der Waals surface area contributed by atoms with Gasteiger partial charge in [0.1, 0.15) is 11.6 Å². The van der Waals surface area contributed by atoms with E-state index in [0.717, 1.165) is 32.8 Å². The summed E-state index contributed by atoms with van der Waals surface area (Å²) in [4.78, 5) is 2.28. The highest BCUT2D eigenvalue weighted by atomic mass is 19.1. The molecule has 0 bridgehead atoms. The average Bonchev–Trinajstić information content (AvgIpc) is 2.42. The topological polar surface area (TPSA) is 59.8 Å². The second kappa shape index (κ2) is 6.58. The van der Waals surface area contributed by atoms with E-state index in [-0.39, 0.29) is 5.82 Å². The Morgan fingerprint density at radius 2 is 2.16 bits per heavy atom. The highest BCUT2D eigenvalue weighted by Crippen LogP contribution is 2.27. The molecule has 0 unspecified atom stereocenters. The lowest BCUT2D eigenvalue weighted by Gasteiger charge is -2.26. The van der Waals surface area contributed by atoms with Gasteiger partial charge in [0, 0.05) is 38.3 Å². The van der Waals surface area contributed by atoms with Crippen LogP contribution in [0.5, 0.6) is 5.75 Å². The fraction of sp³-hybridized carbons (Fsp3) is 0.538. The van der Waals surface area contributed by atoms with Crippen molar-refractivity contribution in [1.29, 1.82) is 0 Å². The number of anilines is 2. The Morgan fingerprint density at radius 3 is 2.84 bits per heavy atom. The minimum atomic E-state index is -0.361. The summed E-state index contributed by atoms with van der Waals surface area (Å²) < 4.78 is 24.1. The summed E-state index contributed by atoms with van der Waals surface area (Å²) in [5.74, 6) is 0.121. The van der Waals surface area contributed by atoms with Crippen molar-refractivity contribution in [2.45, 2.75) is 0 Å². The fourth-order valence-corrected chi connectivity index (χ4v) is 2.05. The van der Waals surface area contributed by atoms with Crippen LogP contribution in [-0.2, 0) is 4.74 Å². The molecular formula is C13H20FN3O2. The minimum absolute atomic E-state index is 0.304. The van der Waals surface area contributed by atoms with Crippen molar-refractivity contribution < 1.29 is 13.9 Å². The molecule has 3 N–H and O–H groups in total. The summed E-state index contributed by atoms with van der Waals surface area (Å²) >= 11 is 0. The number of hydrogen-bond donors (Lipinski definition) is 2. The zero-order valence-corrected chi connectivity index (χ0v) is 11.1. The maximum atomic E-state index is 13.7. The zero-order valence-electron chi connectivity index (χ0n) is 11.1. The molecule has 0 atom stereocenters. The van der Waals surface area contributed by atoms with Crippen molar-refractivity contribution in [3.05, 3.63) is 17.9 Å². The second-order valence-corrected chi connectivity index (χ2v) is 4.45. The lowest BCUT2D eigenvalue weighted by Crippen LogP contribution is -2.39. The van der Waals surface area contributed by atoms with Gasteiger partial charge in [0.2, 0.25) is 0 Å². The maximum Gasteiger partial charge on any atom is 0.148 e. The fourth-order valence-electron chi connectivity index (χ4n) is 2.05. The standard InChI is InChI=1S/C13H20FN3O2/c1-18-13-9-12(10(14)8-11(13)15)16-2-3-17-4-6-19-7-5-17/h8-9,16H,2-7,15H2,1H3. The average molecular weight is 269 g/mol. The molecule has 1 aromatic carbocycles. The van der Waals surface area contributed by atoms with E-state index in [1.54, 1.807) is 6.07 Å². The molecular weight excluding hydrogens is 249 g/mol. The number of nitrogen functional groups attached to an aromatic ring is 1. The van der Waals surface area contributed by atoms with E-state index >= 15 is 0 Å². The van der Waals surface area contributed by atoms with Gasteiger partial charge in [-0.1, -0.05) is 0 Å². The predicted molar refractivity (Wildman–Crippen MR) is 73.1 cm³/mol. The Hall–Kier alpha value is -1.53. The Morgan fingerprint density at radius 1 is 1.42 bits per heavy atom. The third kappa shape index (κ3) is 3.71. The molecule has 106 valence electrons. The summed E-state index contributed by atoms with van der Waals surface area (Å²) in [5.41, 5.74) is 6.35. The highest BCUT2D eigenvalue weighted by Gasteiger charge is 2.11. The minimum Gasteiger partial charge on any atom is -0.495 e. The first-order chi connectivity index (χ1) is 9.20. The number of nitrogens with one attached hydrogen (secondary N) is 1. The third-order valence-corrected chi connectivity index (χ3v) is 3.17. The first kappa shape index (κ1) is 13.9. The van der Waals surface area contributed by atoms with Crippen LogP contribution in [0, 0.1) is 5.82 Å². The van der Waals surface area contributed by atoms with Crippen LogP contribution >= 0.6 is 0 Å². The molecule has 1 aliphatic rings. The van der Waals surface area contributed by atoms with Gasteiger partial charge in [-0.2, -0.15) is 0 Å². The monoisotopic (exact) mass is 269 g/mol. The van der Waals surface area contributed by atoms with Crippen LogP contribution in [0.4, 0.5) is 15.8 Å². The first-order valence-electron chi connectivity index (χ1n) is 6.37. The van der Waals surface area contributed by atoms with E-state index in [1.807, 2.05) is 0 Å². The summed E-state index contributed by atoms with van der Waals surface area (Å²) in [6, 6.07) is 2.86. The Bertz CT molecular complexity index is 423. The number of nitrogens with two attached hydrogens (primary N) is 1. The molecule has 1 heterocycles. The number of halogens is 1. The summed E-state index contributed by atoms with van der Waals surface area (Å²) in [6.07, 6.45) is 0. The van der Waals surface area contributed by atoms with E-state index < -0.39 is 0 Å². The maximum absolute atomic E-state index is 13.7. The smallest absolute Gasteiger partial charge is 0.148 e. The van der Waals surface area contributed by atoms with E-state index in [4.69, 9.17) is 15.2 Å². The predicted octanol–water partition coefficient (Wildman–Crippen LogP) is 1.16. The summed E-state index contributed by atoms with van der Waals surface area (Å²) in [6.45, 7) is 4.91. The van der Waals surface area contributed by atoms with Crippen LogP contribution < -0.4 is 15.8 Å². The van der Waals surface area contributed by atoms with Crippen molar-refractivity contribution in [3.8, 4) is 5.75 Å². The van der Waals surface area contributed by atoms with E-state index in [9.17, 15) is 4.39 Å². The molecule has 2 rings (SSSR count). The largest absolute Gasteiger partial charge is 0.495 e. The van der Waals surface area contributed by atoms with Crippen LogP contribution in [0.25, 0.3) is 0 Å². The van der Waals surface area contributed by atoms with Crippen LogP contribution in [-0.4, -0.2) is 51.4 Å². The van der Waals surface area contributed by atoms with E-state index in [1.165, 1.54) is 13.2 Å². The Kier molecular flexibility index (Phi) is 4.81. The highest BCUT2D eigenvalue weighted by molar-refractivity contribution is 5.62. The number of benzene rings is 1.